The maximum atomic E-state index is 14.6. The third-order valence-electron chi connectivity index (χ3n) is 5.54. The van der Waals surface area contributed by atoms with E-state index < -0.39 is 17.6 Å². The second-order valence-corrected chi connectivity index (χ2v) is 7.72. The highest BCUT2D eigenvalue weighted by Crippen LogP contribution is 2.41. The van der Waals surface area contributed by atoms with Gasteiger partial charge in [0.15, 0.2) is 11.6 Å². The molecular weight excluding hydrogens is 414 g/mol. The third-order valence-corrected chi connectivity index (χ3v) is 5.54. The molecule has 1 aliphatic heterocycles. The molecule has 2 aromatic carbocycles. The lowest BCUT2D eigenvalue weighted by molar-refractivity contribution is -0.116. The van der Waals surface area contributed by atoms with E-state index in [9.17, 15) is 13.6 Å². The van der Waals surface area contributed by atoms with Crippen molar-refractivity contribution in [3.8, 4) is 17.2 Å². The van der Waals surface area contributed by atoms with E-state index in [1.165, 1.54) is 16.8 Å². The zero-order valence-corrected chi connectivity index (χ0v) is 17.3. The summed E-state index contributed by atoms with van der Waals surface area (Å²) in [6, 6.07) is 11.8. The molecule has 0 aliphatic carbocycles. The Balaban J connectivity index is 1.63. The zero-order chi connectivity index (χ0) is 22.4. The first-order valence-electron chi connectivity index (χ1n) is 10.0. The lowest BCUT2D eigenvalue weighted by Crippen LogP contribution is -2.26. The van der Waals surface area contributed by atoms with Crippen LogP contribution in [0, 0.1) is 25.5 Å². The standard InChI is InChI=1S/C23H18F2N6O/c1-12-6-8-14(9-7-12)18-11-26-29-23(27-18)31-22-20(13(2)30-31)16(10-19(32)28-22)15-4-3-5-17(24)21(15)25/h3-9,11,16H,10H2,1-2H3,(H,28,32)/t16-/m0/s1. The summed E-state index contributed by atoms with van der Waals surface area (Å²) >= 11 is 0. The van der Waals surface area contributed by atoms with Crippen molar-refractivity contribution in [1.29, 1.82) is 0 Å². The fraction of sp³-hybridized carbons (Fsp3) is 0.174. The molecule has 1 N–H and O–H groups in total. The van der Waals surface area contributed by atoms with Gasteiger partial charge in [0.2, 0.25) is 5.91 Å². The maximum Gasteiger partial charge on any atom is 0.272 e. The van der Waals surface area contributed by atoms with Gasteiger partial charge in [-0.1, -0.05) is 42.0 Å². The molecule has 3 heterocycles. The monoisotopic (exact) mass is 432 g/mol. The highest BCUT2D eigenvalue weighted by atomic mass is 19.2. The van der Waals surface area contributed by atoms with Crippen LogP contribution in [0.3, 0.4) is 0 Å². The molecule has 0 radical (unpaired) electrons. The van der Waals surface area contributed by atoms with Crippen molar-refractivity contribution in [3.05, 3.63) is 82.7 Å². The van der Waals surface area contributed by atoms with Gasteiger partial charge in [-0.05, 0) is 25.5 Å². The van der Waals surface area contributed by atoms with Gasteiger partial charge in [0.1, 0.15) is 5.82 Å². The van der Waals surface area contributed by atoms with Crippen LogP contribution in [-0.2, 0) is 4.79 Å². The van der Waals surface area contributed by atoms with Gasteiger partial charge < -0.3 is 5.32 Å². The molecule has 0 unspecified atom stereocenters. The van der Waals surface area contributed by atoms with Crippen LogP contribution < -0.4 is 5.32 Å². The summed E-state index contributed by atoms with van der Waals surface area (Å²) in [5, 5.41) is 15.4. The fourth-order valence-corrected chi connectivity index (χ4v) is 3.99. The van der Waals surface area contributed by atoms with Crippen LogP contribution in [0.25, 0.3) is 17.2 Å². The summed E-state index contributed by atoms with van der Waals surface area (Å²) in [5.74, 6) is -2.46. The van der Waals surface area contributed by atoms with Gasteiger partial charge >= 0.3 is 0 Å². The van der Waals surface area contributed by atoms with Crippen molar-refractivity contribution in [3.63, 3.8) is 0 Å². The average molecular weight is 432 g/mol. The third kappa shape index (κ3) is 3.31. The van der Waals surface area contributed by atoms with Crippen LogP contribution in [0.4, 0.5) is 14.6 Å². The lowest BCUT2D eigenvalue weighted by Gasteiger charge is -2.24. The second kappa shape index (κ2) is 7.60. The van der Waals surface area contributed by atoms with Crippen molar-refractivity contribution in [2.24, 2.45) is 0 Å². The maximum absolute atomic E-state index is 14.6. The van der Waals surface area contributed by atoms with Crippen LogP contribution in [-0.4, -0.2) is 30.9 Å². The van der Waals surface area contributed by atoms with Gasteiger partial charge in [0.05, 0.1) is 17.6 Å². The topological polar surface area (TPSA) is 85.6 Å². The molecule has 0 saturated carbocycles. The zero-order valence-electron chi connectivity index (χ0n) is 17.3. The Morgan fingerprint density at radius 2 is 1.88 bits per heavy atom. The number of benzene rings is 2. The summed E-state index contributed by atoms with van der Waals surface area (Å²) in [5.41, 5.74) is 3.82. The molecule has 1 aliphatic rings. The summed E-state index contributed by atoms with van der Waals surface area (Å²) in [6.07, 6.45) is 1.52. The number of halogens is 2. The Bertz CT molecular complexity index is 1350. The van der Waals surface area contributed by atoms with E-state index in [4.69, 9.17) is 0 Å². The Hall–Kier alpha value is -4.01. The molecule has 2 aromatic heterocycles. The number of hydrogen-bond acceptors (Lipinski definition) is 5. The number of nitrogens with one attached hydrogen (secondary N) is 1. The van der Waals surface area contributed by atoms with Gasteiger partial charge in [0.25, 0.3) is 5.95 Å². The van der Waals surface area contributed by atoms with Crippen molar-refractivity contribution >= 4 is 11.7 Å². The molecule has 7 nitrogen and oxygen atoms in total. The van der Waals surface area contributed by atoms with Gasteiger partial charge in [0, 0.05) is 23.5 Å². The minimum atomic E-state index is -0.968. The Morgan fingerprint density at radius 1 is 1.09 bits per heavy atom. The van der Waals surface area contributed by atoms with E-state index in [0.29, 0.717) is 22.8 Å². The molecule has 0 fully saturated rings. The molecule has 0 spiro atoms. The number of carbonyl (C=O) groups is 1. The summed E-state index contributed by atoms with van der Waals surface area (Å²) < 4.78 is 29.8. The summed E-state index contributed by atoms with van der Waals surface area (Å²) in [4.78, 5) is 17.1. The molecule has 5 rings (SSSR count). The molecule has 0 bridgehead atoms. The minimum Gasteiger partial charge on any atom is -0.310 e. The first-order chi connectivity index (χ1) is 15.4. The second-order valence-electron chi connectivity index (χ2n) is 7.72. The number of amides is 1. The number of fused-ring (bicyclic) bond motifs is 1. The number of rotatable bonds is 3. The van der Waals surface area contributed by atoms with Crippen molar-refractivity contribution in [1.82, 2.24) is 25.0 Å². The molecule has 32 heavy (non-hydrogen) atoms. The Labute approximate surface area is 182 Å². The number of anilines is 1. The molecule has 1 atom stereocenters. The first-order valence-corrected chi connectivity index (χ1v) is 10.0. The highest BCUT2D eigenvalue weighted by Gasteiger charge is 2.35. The summed E-state index contributed by atoms with van der Waals surface area (Å²) in [6.45, 7) is 3.74. The van der Waals surface area contributed by atoms with E-state index in [-0.39, 0.29) is 23.8 Å². The van der Waals surface area contributed by atoms with E-state index >= 15 is 0 Å². The number of carbonyl (C=O) groups excluding carboxylic acids is 1. The molecular formula is C23H18F2N6O. The predicted molar refractivity (Wildman–Crippen MR) is 113 cm³/mol. The smallest absolute Gasteiger partial charge is 0.272 e. The van der Waals surface area contributed by atoms with Crippen molar-refractivity contribution in [2.45, 2.75) is 26.2 Å². The largest absolute Gasteiger partial charge is 0.310 e. The van der Waals surface area contributed by atoms with Crippen LogP contribution in [0.5, 0.6) is 0 Å². The average Bonchev–Trinajstić information content (AvgIpc) is 3.12. The number of aryl methyl sites for hydroxylation is 2. The quantitative estimate of drug-likeness (QED) is 0.527. The van der Waals surface area contributed by atoms with Crippen LogP contribution in [0.2, 0.25) is 0 Å². The summed E-state index contributed by atoms with van der Waals surface area (Å²) in [7, 11) is 0. The van der Waals surface area contributed by atoms with Crippen LogP contribution in [0.1, 0.15) is 34.7 Å². The minimum absolute atomic E-state index is 0.0254. The first kappa shape index (κ1) is 19.9. The molecule has 160 valence electrons. The van der Waals surface area contributed by atoms with E-state index in [1.807, 2.05) is 31.2 Å². The lowest BCUT2D eigenvalue weighted by atomic mass is 9.85. The normalized spacial score (nSPS) is 15.4. The van der Waals surface area contributed by atoms with Gasteiger partial charge in [-0.25, -0.2) is 13.8 Å². The number of hydrogen-bond donors (Lipinski definition) is 1. The fourth-order valence-electron chi connectivity index (χ4n) is 3.99. The number of nitrogens with zero attached hydrogens (tertiary/aromatic N) is 5. The van der Waals surface area contributed by atoms with E-state index in [0.717, 1.165) is 17.2 Å². The van der Waals surface area contributed by atoms with Crippen molar-refractivity contribution in [2.75, 3.05) is 5.32 Å². The molecule has 0 saturated heterocycles. The van der Waals surface area contributed by atoms with Gasteiger partial charge in [-0.2, -0.15) is 14.9 Å². The Kier molecular flexibility index (Phi) is 4.73. The van der Waals surface area contributed by atoms with Gasteiger partial charge in [-0.15, -0.1) is 5.10 Å². The Morgan fingerprint density at radius 3 is 2.66 bits per heavy atom. The predicted octanol–water partition coefficient (Wildman–Crippen LogP) is 4.09. The van der Waals surface area contributed by atoms with E-state index in [2.05, 4.69) is 25.6 Å². The van der Waals surface area contributed by atoms with Crippen molar-refractivity contribution < 1.29 is 13.6 Å². The molecule has 4 aromatic rings. The highest BCUT2D eigenvalue weighted by molar-refractivity contribution is 5.95. The molecule has 9 heteroatoms. The van der Waals surface area contributed by atoms with Crippen LogP contribution >= 0.6 is 0 Å². The van der Waals surface area contributed by atoms with Crippen LogP contribution in [0.15, 0.2) is 48.7 Å². The molecule has 1 amide bonds. The number of aromatic nitrogens is 5. The van der Waals surface area contributed by atoms with Gasteiger partial charge in [-0.3, -0.25) is 4.79 Å². The van der Waals surface area contributed by atoms with E-state index in [1.54, 1.807) is 13.1 Å². The SMILES string of the molecule is Cc1ccc(-c2cnnc(-n3nc(C)c4c3NC(=O)C[C@H]4c3cccc(F)c3F)n2)cc1.